The van der Waals surface area contributed by atoms with E-state index in [0.29, 0.717) is 29.2 Å². The van der Waals surface area contributed by atoms with E-state index in [0.717, 1.165) is 16.0 Å². The normalized spacial score (nSPS) is 11.6. The molecule has 0 aliphatic rings. The van der Waals surface area contributed by atoms with Crippen molar-refractivity contribution in [1.82, 2.24) is 9.78 Å². The van der Waals surface area contributed by atoms with Crippen LogP contribution in [0.25, 0.3) is 16.5 Å². The first-order valence-electron chi connectivity index (χ1n) is 11.4. The zero-order chi connectivity index (χ0) is 25.7. The first kappa shape index (κ1) is 24.9. The molecule has 0 spiro atoms. The molecular formula is C26H25N3O6S. The van der Waals surface area contributed by atoms with Crippen LogP contribution in [0.1, 0.15) is 31.3 Å². The van der Waals surface area contributed by atoms with E-state index in [2.05, 4.69) is 10.4 Å². The third kappa shape index (κ3) is 5.23. The number of para-hydroxylation sites is 1. The van der Waals surface area contributed by atoms with Crippen molar-refractivity contribution in [2.75, 3.05) is 18.5 Å². The van der Waals surface area contributed by atoms with Crippen LogP contribution in [0.4, 0.5) is 5.00 Å². The lowest BCUT2D eigenvalue weighted by atomic mass is 10.2. The number of benzene rings is 2. The summed E-state index contributed by atoms with van der Waals surface area (Å²) >= 11 is 1.12. The molecule has 4 rings (SSSR count). The van der Waals surface area contributed by atoms with Gasteiger partial charge in [-0.3, -0.25) is 9.59 Å². The summed E-state index contributed by atoms with van der Waals surface area (Å²) in [5.74, 6) is 0.0717. The molecule has 0 aliphatic carbocycles. The minimum absolute atomic E-state index is 0.0225. The molecule has 10 heteroatoms. The molecule has 1 amide bonds. The highest BCUT2D eigenvalue weighted by atomic mass is 32.1. The lowest BCUT2D eigenvalue weighted by Crippen LogP contribution is -2.31. The van der Waals surface area contributed by atoms with Crippen molar-refractivity contribution in [2.24, 2.45) is 0 Å². The minimum Gasteiger partial charge on any atom is -0.494 e. The van der Waals surface area contributed by atoms with E-state index in [-0.39, 0.29) is 22.7 Å². The molecular weight excluding hydrogens is 482 g/mol. The number of fused-ring (bicyclic) bond motifs is 1. The molecule has 0 saturated heterocycles. The van der Waals surface area contributed by atoms with E-state index in [9.17, 15) is 14.4 Å². The summed E-state index contributed by atoms with van der Waals surface area (Å²) in [6, 6.07) is 15.7. The number of ether oxygens (including phenoxy) is 3. The number of amides is 1. The number of aromatic nitrogens is 2. The molecule has 186 valence electrons. The maximum absolute atomic E-state index is 13.5. The fourth-order valence-corrected chi connectivity index (χ4v) is 4.43. The standard InChI is InChI=1S/C26H25N3O6S/c1-4-33-18-13-11-17(12-14-18)29-25(31)21-20(22(28-29)26(32)34-5-2)15-36-24(21)27-23(30)16(3)35-19-9-7-6-8-10-19/h6-16H,4-5H2,1-3H3,(H,27,30). The number of hydrogen-bond acceptors (Lipinski definition) is 8. The van der Waals surface area contributed by atoms with Crippen molar-refractivity contribution < 1.29 is 23.8 Å². The Labute approximate surface area is 211 Å². The summed E-state index contributed by atoms with van der Waals surface area (Å²) in [7, 11) is 0. The third-order valence-electron chi connectivity index (χ3n) is 5.18. The highest BCUT2D eigenvalue weighted by Gasteiger charge is 2.24. The Morgan fingerprint density at radius 2 is 1.75 bits per heavy atom. The molecule has 1 N–H and O–H groups in total. The first-order chi connectivity index (χ1) is 17.4. The molecule has 36 heavy (non-hydrogen) atoms. The Hall–Kier alpha value is -4.18. The number of nitrogens with one attached hydrogen (secondary N) is 1. The van der Waals surface area contributed by atoms with E-state index in [1.807, 2.05) is 13.0 Å². The molecule has 1 atom stereocenters. The Morgan fingerprint density at radius 1 is 1.03 bits per heavy atom. The fraction of sp³-hybridized carbons (Fsp3) is 0.231. The molecule has 4 aromatic rings. The molecule has 2 aromatic heterocycles. The minimum atomic E-state index is -0.829. The summed E-state index contributed by atoms with van der Waals surface area (Å²) in [4.78, 5) is 39.1. The van der Waals surface area contributed by atoms with Gasteiger partial charge in [0.05, 0.1) is 24.3 Å². The topological polar surface area (TPSA) is 109 Å². The van der Waals surface area contributed by atoms with Crippen LogP contribution < -0.4 is 20.3 Å². The van der Waals surface area contributed by atoms with Crippen LogP contribution in [-0.2, 0) is 9.53 Å². The van der Waals surface area contributed by atoms with E-state index >= 15 is 0 Å². The smallest absolute Gasteiger partial charge is 0.359 e. The van der Waals surface area contributed by atoms with Crippen molar-refractivity contribution >= 4 is 39.0 Å². The second kappa shape index (κ2) is 11.0. The lowest BCUT2D eigenvalue weighted by Gasteiger charge is -2.14. The third-order valence-corrected chi connectivity index (χ3v) is 6.07. The van der Waals surface area contributed by atoms with Gasteiger partial charge < -0.3 is 19.5 Å². The molecule has 0 saturated carbocycles. The number of hydrogen-bond donors (Lipinski definition) is 1. The maximum Gasteiger partial charge on any atom is 0.359 e. The second-order valence-corrected chi connectivity index (χ2v) is 8.51. The van der Waals surface area contributed by atoms with Crippen LogP contribution in [0.15, 0.2) is 64.8 Å². The van der Waals surface area contributed by atoms with Gasteiger partial charge in [-0.1, -0.05) is 18.2 Å². The molecule has 2 aromatic carbocycles. The van der Waals surface area contributed by atoms with Gasteiger partial charge >= 0.3 is 5.97 Å². The van der Waals surface area contributed by atoms with Gasteiger partial charge in [-0.25, -0.2) is 4.79 Å². The highest BCUT2D eigenvalue weighted by Crippen LogP contribution is 2.31. The summed E-state index contributed by atoms with van der Waals surface area (Å²) in [5, 5.41) is 9.44. The van der Waals surface area contributed by atoms with Crippen LogP contribution >= 0.6 is 11.3 Å². The van der Waals surface area contributed by atoms with E-state index < -0.39 is 23.5 Å². The Balaban J connectivity index is 1.74. The van der Waals surface area contributed by atoms with Gasteiger partial charge in [0.1, 0.15) is 16.5 Å². The molecule has 1 unspecified atom stereocenters. The number of carbonyl (C=O) groups is 2. The summed E-state index contributed by atoms with van der Waals surface area (Å²) in [6.45, 7) is 5.82. The van der Waals surface area contributed by atoms with Gasteiger partial charge in [0, 0.05) is 10.8 Å². The van der Waals surface area contributed by atoms with Crippen molar-refractivity contribution in [3.63, 3.8) is 0 Å². The number of rotatable bonds is 9. The van der Waals surface area contributed by atoms with Gasteiger partial charge in [0.2, 0.25) is 0 Å². The number of thiophene rings is 1. The Morgan fingerprint density at radius 3 is 2.42 bits per heavy atom. The largest absolute Gasteiger partial charge is 0.494 e. The predicted molar refractivity (Wildman–Crippen MR) is 138 cm³/mol. The average Bonchev–Trinajstić information content (AvgIpc) is 3.30. The molecule has 0 bridgehead atoms. The lowest BCUT2D eigenvalue weighted by molar-refractivity contribution is -0.122. The van der Waals surface area contributed by atoms with Gasteiger partial charge in [-0.15, -0.1) is 11.3 Å². The number of carbonyl (C=O) groups excluding carboxylic acids is 2. The first-order valence-corrected chi connectivity index (χ1v) is 12.3. The van der Waals surface area contributed by atoms with Crippen LogP contribution in [0.5, 0.6) is 11.5 Å². The van der Waals surface area contributed by atoms with E-state index in [1.54, 1.807) is 67.8 Å². The monoisotopic (exact) mass is 507 g/mol. The highest BCUT2D eigenvalue weighted by molar-refractivity contribution is 7.16. The van der Waals surface area contributed by atoms with Gasteiger partial charge in [-0.05, 0) is 57.2 Å². The summed E-state index contributed by atoms with van der Waals surface area (Å²) < 4.78 is 17.5. The quantitative estimate of drug-likeness (QED) is 0.334. The van der Waals surface area contributed by atoms with E-state index in [4.69, 9.17) is 14.2 Å². The zero-order valence-electron chi connectivity index (χ0n) is 20.0. The predicted octanol–water partition coefficient (Wildman–Crippen LogP) is 4.43. The summed E-state index contributed by atoms with van der Waals surface area (Å²) in [6.07, 6.45) is -0.829. The van der Waals surface area contributed by atoms with Crippen LogP contribution in [0.3, 0.4) is 0 Å². The molecule has 0 aliphatic heterocycles. The summed E-state index contributed by atoms with van der Waals surface area (Å²) in [5.41, 5.74) is -0.0822. The molecule has 2 heterocycles. The number of nitrogens with zero attached hydrogens (tertiary/aromatic N) is 2. The van der Waals surface area contributed by atoms with Gasteiger partial charge in [-0.2, -0.15) is 9.78 Å². The van der Waals surface area contributed by atoms with Crippen molar-refractivity contribution in [3.05, 3.63) is 76.0 Å². The van der Waals surface area contributed by atoms with Crippen molar-refractivity contribution in [2.45, 2.75) is 26.9 Å². The van der Waals surface area contributed by atoms with Gasteiger partial charge in [0.15, 0.2) is 11.8 Å². The second-order valence-electron chi connectivity index (χ2n) is 7.63. The SMILES string of the molecule is CCOC(=O)c1nn(-c2ccc(OCC)cc2)c(=O)c2c(NC(=O)C(C)Oc3ccccc3)scc12. The molecule has 0 fully saturated rings. The maximum atomic E-state index is 13.5. The number of anilines is 1. The molecule has 9 nitrogen and oxygen atoms in total. The van der Waals surface area contributed by atoms with Crippen LogP contribution in [0.2, 0.25) is 0 Å². The van der Waals surface area contributed by atoms with Crippen LogP contribution in [0, 0.1) is 0 Å². The average molecular weight is 508 g/mol. The van der Waals surface area contributed by atoms with Gasteiger partial charge in [0.25, 0.3) is 11.5 Å². The Kier molecular flexibility index (Phi) is 7.65. The van der Waals surface area contributed by atoms with E-state index in [1.165, 1.54) is 0 Å². The fourth-order valence-electron chi connectivity index (χ4n) is 3.49. The van der Waals surface area contributed by atoms with Crippen molar-refractivity contribution in [1.29, 1.82) is 0 Å². The molecule has 0 radical (unpaired) electrons. The zero-order valence-corrected chi connectivity index (χ0v) is 20.8. The Bertz CT molecular complexity index is 1430. The van der Waals surface area contributed by atoms with Crippen LogP contribution in [-0.4, -0.2) is 41.0 Å². The van der Waals surface area contributed by atoms with Crippen molar-refractivity contribution in [3.8, 4) is 17.2 Å². The number of esters is 1.